The Bertz CT molecular complexity index is 437. The molecule has 4 nitrogen and oxygen atoms in total. The van der Waals surface area contributed by atoms with Gasteiger partial charge in [0.1, 0.15) is 6.61 Å². The molecule has 0 bridgehead atoms. The summed E-state index contributed by atoms with van der Waals surface area (Å²) in [5.74, 6) is 1.22. The minimum Gasteiger partial charge on any atom is -0.388 e. The Labute approximate surface area is 114 Å². The largest absolute Gasteiger partial charge is 0.388 e. The van der Waals surface area contributed by atoms with Crippen LogP contribution in [0.1, 0.15) is 51.0 Å². The van der Waals surface area contributed by atoms with Crippen molar-refractivity contribution in [3.63, 3.8) is 0 Å². The van der Waals surface area contributed by atoms with Crippen molar-refractivity contribution in [1.82, 2.24) is 10.5 Å². The van der Waals surface area contributed by atoms with Crippen LogP contribution in [0.3, 0.4) is 0 Å². The third kappa shape index (κ3) is 2.43. The maximum Gasteiger partial charge on any atom is 0.162 e. The predicted molar refractivity (Wildman–Crippen MR) is 72.6 cm³/mol. The monoisotopic (exact) mass is 264 g/mol. The number of hydrogen-bond acceptors (Lipinski definition) is 4. The second kappa shape index (κ2) is 4.91. The minimum atomic E-state index is -0.0626. The molecule has 2 aliphatic rings. The van der Waals surface area contributed by atoms with Crippen LogP contribution < -0.4 is 5.32 Å². The van der Waals surface area contributed by atoms with Crippen LogP contribution in [-0.4, -0.2) is 22.3 Å². The highest BCUT2D eigenvalue weighted by Crippen LogP contribution is 2.48. The molecule has 0 saturated heterocycles. The Morgan fingerprint density at radius 2 is 2.26 bits per heavy atom. The van der Waals surface area contributed by atoms with Crippen LogP contribution >= 0.6 is 0 Å². The molecule has 2 atom stereocenters. The van der Waals surface area contributed by atoms with E-state index in [1.807, 2.05) is 6.07 Å². The second-order valence-electron chi connectivity index (χ2n) is 6.75. The molecule has 2 fully saturated rings. The standard InChI is InChI=1S/C15H24N2O2/c1-15(2)10(6-12-8-13(9-18)19-17-12)7-14(15)16-11-4-3-5-11/h8,10-11,14,16,18H,3-7,9H2,1-2H3/t10-,14+/m1/s1. The summed E-state index contributed by atoms with van der Waals surface area (Å²) in [5.41, 5.74) is 1.30. The van der Waals surface area contributed by atoms with Crippen molar-refractivity contribution in [1.29, 1.82) is 0 Å². The first-order valence-corrected chi connectivity index (χ1v) is 7.41. The Hall–Kier alpha value is -0.870. The quantitative estimate of drug-likeness (QED) is 0.856. The maximum absolute atomic E-state index is 8.99. The molecular formula is C15H24N2O2. The van der Waals surface area contributed by atoms with Gasteiger partial charge >= 0.3 is 0 Å². The number of aliphatic hydroxyl groups excluding tert-OH is 1. The Morgan fingerprint density at radius 3 is 2.79 bits per heavy atom. The lowest BCUT2D eigenvalue weighted by Crippen LogP contribution is -2.60. The van der Waals surface area contributed by atoms with Gasteiger partial charge in [-0.15, -0.1) is 0 Å². The van der Waals surface area contributed by atoms with Gasteiger partial charge < -0.3 is 14.9 Å². The van der Waals surface area contributed by atoms with Crippen LogP contribution in [0.15, 0.2) is 10.6 Å². The summed E-state index contributed by atoms with van der Waals surface area (Å²) in [4.78, 5) is 0. The van der Waals surface area contributed by atoms with Gasteiger partial charge in [-0.2, -0.15) is 0 Å². The van der Waals surface area contributed by atoms with Gasteiger partial charge in [0.05, 0.1) is 5.69 Å². The van der Waals surface area contributed by atoms with Gasteiger partial charge in [-0.3, -0.25) is 0 Å². The van der Waals surface area contributed by atoms with E-state index >= 15 is 0 Å². The van der Waals surface area contributed by atoms with E-state index in [1.165, 1.54) is 25.7 Å². The first-order valence-electron chi connectivity index (χ1n) is 7.41. The van der Waals surface area contributed by atoms with Gasteiger partial charge in [-0.05, 0) is 37.0 Å². The molecule has 2 aliphatic carbocycles. The van der Waals surface area contributed by atoms with Crippen molar-refractivity contribution in [2.75, 3.05) is 0 Å². The fraction of sp³-hybridized carbons (Fsp3) is 0.800. The molecule has 0 spiro atoms. The molecule has 2 N–H and O–H groups in total. The lowest BCUT2D eigenvalue weighted by atomic mass is 9.57. The summed E-state index contributed by atoms with van der Waals surface area (Å²) < 4.78 is 5.05. The van der Waals surface area contributed by atoms with E-state index in [0.29, 0.717) is 23.1 Å². The van der Waals surface area contributed by atoms with Crippen LogP contribution in [0.4, 0.5) is 0 Å². The average Bonchev–Trinajstić information content (AvgIpc) is 2.78. The number of rotatable bonds is 5. The summed E-state index contributed by atoms with van der Waals surface area (Å²) in [7, 11) is 0. The molecular weight excluding hydrogens is 240 g/mol. The number of aromatic nitrogens is 1. The third-order valence-electron chi connectivity index (χ3n) is 5.23. The van der Waals surface area contributed by atoms with E-state index in [1.54, 1.807) is 0 Å². The molecule has 0 unspecified atom stereocenters. The van der Waals surface area contributed by atoms with E-state index in [-0.39, 0.29) is 6.61 Å². The molecule has 1 heterocycles. The molecule has 1 aromatic rings. The summed E-state index contributed by atoms with van der Waals surface area (Å²) in [6.07, 6.45) is 6.27. The number of nitrogens with one attached hydrogen (secondary N) is 1. The van der Waals surface area contributed by atoms with Crippen LogP contribution in [0.2, 0.25) is 0 Å². The highest BCUT2D eigenvalue weighted by Gasteiger charge is 2.48. The topological polar surface area (TPSA) is 58.3 Å². The fourth-order valence-corrected chi connectivity index (χ4v) is 3.28. The molecule has 0 radical (unpaired) electrons. The van der Waals surface area contributed by atoms with E-state index in [0.717, 1.165) is 18.2 Å². The molecule has 1 aromatic heterocycles. The molecule has 106 valence electrons. The summed E-state index contributed by atoms with van der Waals surface area (Å²) in [5, 5.41) is 16.8. The Balaban J connectivity index is 1.55. The third-order valence-corrected chi connectivity index (χ3v) is 5.23. The van der Waals surface area contributed by atoms with Crippen LogP contribution in [0.5, 0.6) is 0 Å². The lowest BCUT2D eigenvalue weighted by Gasteiger charge is -2.54. The van der Waals surface area contributed by atoms with Crippen molar-refractivity contribution in [3.8, 4) is 0 Å². The highest BCUT2D eigenvalue weighted by molar-refractivity contribution is 5.11. The lowest BCUT2D eigenvalue weighted by molar-refractivity contribution is 0.000509. The zero-order valence-corrected chi connectivity index (χ0v) is 11.9. The molecule has 0 amide bonds. The molecule has 3 rings (SSSR count). The molecule has 0 aromatic carbocycles. The average molecular weight is 264 g/mol. The number of nitrogens with zero attached hydrogens (tertiary/aromatic N) is 1. The molecule has 0 aliphatic heterocycles. The highest BCUT2D eigenvalue weighted by atomic mass is 16.5. The zero-order chi connectivity index (χ0) is 13.5. The maximum atomic E-state index is 8.99. The summed E-state index contributed by atoms with van der Waals surface area (Å²) in [6.45, 7) is 4.64. The minimum absolute atomic E-state index is 0.0626. The predicted octanol–water partition coefficient (Wildman–Crippen LogP) is 2.27. The van der Waals surface area contributed by atoms with Crippen LogP contribution in [0.25, 0.3) is 0 Å². The van der Waals surface area contributed by atoms with Crippen molar-refractivity contribution in [2.24, 2.45) is 11.3 Å². The van der Waals surface area contributed by atoms with Gasteiger partial charge in [0.2, 0.25) is 0 Å². The van der Waals surface area contributed by atoms with Gasteiger partial charge in [0.25, 0.3) is 0 Å². The Kier molecular flexibility index (Phi) is 3.39. The zero-order valence-electron chi connectivity index (χ0n) is 11.9. The van der Waals surface area contributed by atoms with Crippen molar-refractivity contribution >= 4 is 0 Å². The van der Waals surface area contributed by atoms with Crippen molar-refractivity contribution in [3.05, 3.63) is 17.5 Å². The van der Waals surface area contributed by atoms with E-state index in [4.69, 9.17) is 9.63 Å². The van der Waals surface area contributed by atoms with Crippen molar-refractivity contribution in [2.45, 2.75) is 64.6 Å². The van der Waals surface area contributed by atoms with Gasteiger partial charge in [0, 0.05) is 18.2 Å². The first-order chi connectivity index (χ1) is 9.09. The molecule has 19 heavy (non-hydrogen) atoms. The summed E-state index contributed by atoms with van der Waals surface area (Å²) in [6, 6.07) is 3.29. The van der Waals surface area contributed by atoms with E-state index in [9.17, 15) is 0 Å². The van der Waals surface area contributed by atoms with Gasteiger partial charge in [-0.25, -0.2) is 0 Å². The smallest absolute Gasteiger partial charge is 0.162 e. The van der Waals surface area contributed by atoms with Crippen molar-refractivity contribution < 1.29 is 9.63 Å². The summed E-state index contributed by atoms with van der Waals surface area (Å²) >= 11 is 0. The number of aliphatic hydroxyl groups is 1. The normalized spacial score (nSPS) is 29.8. The molecule has 2 saturated carbocycles. The van der Waals surface area contributed by atoms with Crippen LogP contribution in [-0.2, 0) is 13.0 Å². The van der Waals surface area contributed by atoms with E-state index in [2.05, 4.69) is 24.3 Å². The van der Waals surface area contributed by atoms with Gasteiger partial charge in [-0.1, -0.05) is 25.4 Å². The van der Waals surface area contributed by atoms with Gasteiger partial charge in [0.15, 0.2) is 5.76 Å². The number of hydrogen-bond donors (Lipinski definition) is 2. The second-order valence-corrected chi connectivity index (χ2v) is 6.75. The SMILES string of the molecule is CC1(C)[C@H](Cc2cc(CO)on2)C[C@@H]1NC1CCC1. The molecule has 4 heteroatoms. The Morgan fingerprint density at radius 1 is 1.47 bits per heavy atom. The van der Waals surface area contributed by atoms with E-state index < -0.39 is 0 Å². The fourth-order valence-electron chi connectivity index (χ4n) is 3.28. The van der Waals surface area contributed by atoms with Crippen LogP contribution in [0, 0.1) is 11.3 Å². The first kappa shape index (κ1) is 13.1.